The minimum Gasteiger partial charge on any atom is -0.480 e. The molecule has 0 spiro atoms. The number of hydrogen-bond donors (Lipinski definition) is 3. The Labute approximate surface area is 118 Å². The Hall–Kier alpha value is -2.07. The summed E-state index contributed by atoms with van der Waals surface area (Å²) in [6, 6.07) is 5.97. The largest absolute Gasteiger partial charge is 0.480 e. The molecule has 0 atom stereocenters. The molecule has 0 aliphatic rings. The van der Waals surface area contributed by atoms with E-state index in [9.17, 15) is 9.59 Å². The molecule has 0 saturated heterocycles. The van der Waals surface area contributed by atoms with Crippen molar-refractivity contribution in [2.45, 2.75) is 19.4 Å². The van der Waals surface area contributed by atoms with Crippen LogP contribution in [0.1, 0.15) is 19.4 Å². The van der Waals surface area contributed by atoms with Gasteiger partial charge in [-0.2, -0.15) is 5.26 Å². The quantitative estimate of drug-likeness (QED) is 0.793. The molecule has 0 unspecified atom stereocenters. The minimum atomic E-state index is -1.37. The van der Waals surface area contributed by atoms with Crippen molar-refractivity contribution in [3.05, 3.63) is 28.2 Å². The molecule has 0 fully saturated rings. The zero-order chi connectivity index (χ0) is 14.6. The van der Waals surface area contributed by atoms with Crippen molar-refractivity contribution in [2.24, 2.45) is 0 Å². The molecule has 0 radical (unpaired) electrons. The van der Waals surface area contributed by atoms with Gasteiger partial charge in [-0.1, -0.05) is 0 Å². The minimum absolute atomic E-state index is 0.442. The Morgan fingerprint density at radius 1 is 1.42 bits per heavy atom. The van der Waals surface area contributed by atoms with E-state index in [1.165, 1.54) is 13.8 Å². The molecule has 0 heterocycles. The Morgan fingerprint density at radius 3 is 2.53 bits per heavy atom. The number of hydrogen-bond acceptors (Lipinski definition) is 3. The Balaban J connectivity index is 2.79. The van der Waals surface area contributed by atoms with Gasteiger partial charge < -0.3 is 15.7 Å². The van der Waals surface area contributed by atoms with Gasteiger partial charge >= 0.3 is 12.0 Å². The van der Waals surface area contributed by atoms with Crippen LogP contribution in [0.25, 0.3) is 0 Å². The average molecular weight is 326 g/mol. The van der Waals surface area contributed by atoms with Gasteiger partial charge in [0.25, 0.3) is 0 Å². The van der Waals surface area contributed by atoms with Crippen LogP contribution in [0.2, 0.25) is 0 Å². The molecule has 100 valence electrons. The first kappa shape index (κ1) is 15.0. The van der Waals surface area contributed by atoms with E-state index < -0.39 is 17.5 Å². The van der Waals surface area contributed by atoms with Gasteiger partial charge in [0.2, 0.25) is 0 Å². The smallest absolute Gasteiger partial charge is 0.328 e. The fraction of sp³-hybridized carbons (Fsp3) is 0.250. The first-order valence-electron chi connectivity index (χ1n) is 5.28. The molecule has 6 nitrogen and oxygen atoms in total. The van der Waals surface area contributed by atoms with E-state index in [1.54, 1.807) is 18.2 Å². The van der Waals surface area contributed by atoms with Crippen LogP contribution in [0.5, 0.6) is 0 Å². The van der Waals surface area contributed by atoms with Gasteiger partial charge in [-0.25, -0.2) is 9.59 Å². The zero-order valence-electron chi connectivity index (χ0n) is 10.3. The van der Waals surface area contributed by atoms with E-state index in [2.05, 4.69) is 26.6 Å². The number of carbonyl (C=O) groups excluding carboxylic acids is 1. The molecule has 19 heavy (non-hydrogen) atoms. The number of nitrogens with zero attached hydrogens (tertiary/aromatic N) is 1. The Kier molecular flexibility index (Phi) is 4.51. The molecule has 3 N–H and O–H groups in total. The standard InChI is InChI=1S/C12H12BrN3O3/c1-12(2,10(17)18)16-11(19)15-9-4-3-7(6-14)5-8(9)13/h3-5H,1-2H3,(H,17,18)(H2,15,16,19). The number of aliphatic carboxylic acids is 1. The van der Waals surface area contributed by atoms with Crippen molar-refractivity contribution in [1.82, 2.24) is 5.32 Å². The predicted molar refractivity (Wildman–Crippen MR) is 72.7 cm³/mol. The van der Waals surface area contributed by atoms with Crippen LogP contribution in [0.15, 0.2) is 22.7 Å². The molecule has 1 rings (SSSR count). The van der Waals surface area contributed by atoms with E-state index in [0.717, 1.165) is 0 Å². The van der Waals surface area contributed by atoms with Crippen LogP contribution in [0, 0.1) is 11.3 Å². The maximum absolute atomic E-state index is 11.7. The number of benzene rings is 1. The van der Waals surface area contributed by atoms with Crippen LogP contribution in [-0.4, -0.2) is 22.6 Å². The van der Waals surface area contributed by atoms with Gasteiger partial charge in [-0.15, -0.1) is 0 Å². The van der Waals surface area contributed by atoms with Crippen LogP contribution in [-0.2, 0) is 4.79 Å². The Morgan fingerprint density at radius 2 is 2.05 bits per heavy atom. The molecular weight excluding hydrogens is 314 g/mol. The van der Waals surface area contributed by atoms with Crippen molar-refractivity contribution in [3.63, 3.8) is 0 Å². The summed E-state index contributed by atoms with van der Waals surface area (Å²) in [5, 5.41) is 22.4. The van der Waals surface area contributed by atoms with Gasteiger partial charge in [0.05, 0.1) is 17.3 Å². The highest BCUT2D eigenvalue weighted by Gasteiger charge is 2.29. The SMILES string of the molecule is CC(C)(NC(=O)Nc1ccc(C#N)cc1Br)C(=O)O. The monoisotopic (exact) mass is 325 g/mol. The maximum Gasteiger partial charge on any atom is 0.328 e. The summed E-state index contributed by atoms with van der Waals surface area (Å²) in [7, 11) is 0. The lowest BCUT2D eigenvalue weighted by Crippen LogP contribution is -2.51. The summed E-state index contributed by atoms with van der Waals surface area (Å²) in [5.41, 5.74) is -0.482. The summed E-state index contributed by atoms with van der Waals surface area (Å²) in [6.07, 6.45) is 0. The number of anilines is 1. The van der Waals surface area contributed by atoms with Crippen LogP contribution >= 0.6 is 15.9 Å². The fourth-order valence-electron chi connectivity index (χ4n) is 1.18. The number of urea groups is 1. The first-order chi connectivity index (χ1) is 8.76. The van der Waals surface area contributed by atoms with E-state index in [-0.39, 0.29) is 0 Å². The fourth-order valence-corrected chi connectivity index (χ4v) is 1.65. The molecule has 2 amide bonds. The molecule has 0 saturated carbocycles. The van der Waals surface area contributed by atoms with E-state index in [0.29, 0.717) is 15.7 Å². The molecule has 1 aromatic carbocycles. The average Bonchev–Trinajstić information content (AvgIpc) is 2.30. The summed E-state index contributed by atoms with van der Waals surface area (Å²) < 4.78 is 0.537. The number of nitriles is 1. The third kappa shape index (κ3) is 3.96. The Bertz CT molecular complexity index is 564. The van der Waals surface area contributed by atoms with Crippen molar-refractivity contribution in [3.8, 4) is 6.07 Å². The number of nitrogens with one attached hydrogen (secondary N) is 2. The second-order valence-corrected chi connectivity index (χ2v) is 5.17. The van der Waals surface area contributed by atoms with E-state index in [4.69, 9.17) is 10.4 Å². The number of halogens is 1. The summed E-state index contributed by atoms with van der Waals surface area (Å²) >= 11 is 3.22. The third-order valence-corrected chi connectivity index (χ3v) is 2.96. The topological polar surface area (TPSA) is 102 Å². The highest BCUT2D eigenvalue weighted by atomic mass is 79.9. The van der Waals surface area contributed by atoms with E-state index in [1.807, 2.05) is 6.07 Å². The van der Waals surface area contributed by atoms with E-state index >= 15 is 0 Å². The van der Waals surface area contributed by atoms with Crippen LogP contribution in [0.4, 0.5) is 10.5 Å². The molecular formula is C12H12BrN3O3. The molecule has 0 bridgehead atoms. The van der Waals surface area contributed by atoms with Crippen LogP contribution in [0.3, 0.4) is 0 Å². The lowest BCUT2D eigenvalue weighted by molar-refractivity contribution is -0.142. The number of carboxylic acid groups (broad SMARTS) is 1. The van der Waals surface area contributed by atoms with Crippen molar-refractivity contribution >= 4 is 33.6 Å². The number of rotatable bonds is 3. The highest BCUT2D eigenvalue weighted by Crippen LogP contribution is 2.23. The summed E-state index contributed by atoms with van der Waals surface area (Å²) in [5.74, 6) is -1.14. The van der Waals surface area contributed by atoms with Crippen molar-refractivity contribution in [1.29, 1.82) is 5.26 Å². The second kappa shape index (κ2) is 5.71. The maximum atomic E-state index is 11.7. The molecule has 0 aliphatic heterocycles. The molecule has 0 aliphatic carbocycles. The summed E-state index contributed by atoms with van der Waals surface area (Å²) in [4.78, 5) is 22.5. The number of amides is 2. The highest BCUT2D eigenvalue weighted by molar-refractivity contribution is 9.10. The second-order valence-electron chi connectivity index (χ2n) is 4.32. The molecule has 1 aromatic rings. The predicted octanol–water partition coefficient (Wildman–Crippen LogP) is 2.31. The third-order valence-electron chi connectivity index (χ3n) is 2.31. The van der Waals surface area contributed by atoms with Gasteiger partial charge in [-0.3, -0.25) is 0 Å². The van der Waals surface area contributed by atoms with Gasteiger partial charge in [0, 0.05) is 4.47 Å². The molecule has 7 heteroatoms. The lowest BCUT2D eigenvalue weighted by atomic mass is 10.1. The normalized spacial score (nSPS) is 10.4. The van der Waals surface area contributed by atoms with Crippen molar-refractivity contribution < 1.29 is 14.7 Å². The molecule has 0 aromatic heterocycles. The zero-order valence-corrected chi connectivity index (χ0v) is 11.9. The summed E-state index contributed by atoms with van der Waals surface area (Å²) in [6.45, 7) is 2.76. The number of carboxylic acids is 1. The van der Waals surface area contributed by atoms with Crippen molar-refractivity contribution in [2.75, 3.05) is 5.32 Å². The van der Waals surface area contributed by atoms with Gasteiger partial charge in [0.1, 0.15) is 5.54 Å². The lowest BCUT2D eigenvalue weighted by Gasteiger charge is -2.21. The number of carbonyl (C=O) groups is 2. The van der Waals surface area contributed by atoms with Crippen LogP contribution < -0.4 is 10.6 Å². The first-order valence-corrected chi connectivity index (χ1v) is 6.08. The van der Waals surface area contributed by atoms with Gasteiger partial charge in [-0.05, 0) is 48.0 Å². The van der Waals surface area contributed by atoms with Gasteiger partial charge in [0.15, 0.2) is 0 Å².